The maximum Gasteiger partial charge on any atom is 0.227 e. The van der Waals surface area contributed by atoms with Gasteiger partial charge >= 0.3 is 0 Å². The fourth-order valence-corrected chi connectivity index (χ4v) is 3.88. The highest BCUT2D eigenvalue weighted by Gasteiger charge is 2.34. The molecule has 2 heterocycles. The van der Waals surface area contributed by atoms with Gasteiger partial charge in [0, 0.05) is 31.1 Å². The van der Waals surface area contributed by atoms with Gasteiger partial charge in [-0.15, -0.1) is 0 Å². The van der Waals surface area contributed by atoms with Crippen LogP contribution in [0.5, 0.6) is 0 Å². The molecule has 1 aliphatic heterocycles. The summed E-state index contributed by atoms with van der Waals surface area (Å²) >= 11 is 0. The number of aryl methyl sites for hydroxylation is 2. The number of para-hydroxylation sites is 2. The van der Waals surface area contributed by atoms with E-state index in [-0.39, 0.29) is 11.8 Å². The predicted molar refractivity (Wildman–Crippen MR) is 106 cm³/mol. The number of nitrogens with zero attached hydrogens (tertiary/aromatic N) is 3. The molecule has 4 nitrogen and oxygen atoms in total. The maximum absolute atomic E-state index is 12.7. The molecule has 3 aromatic rings. The van der Waals surface area contributed by atoms with Crippen LogP contribution in [0.1, 0.15) is 43.5 Å². The Balaban J connectivity index is 1.68. The van der Waals surface area contributed by atoms with Crippen molar-refractivity contribution in [3.63, 3.8) is 0 Å². The number of imidazole rings is 1. The summed E-state index contributed by atoms with van der Waals surface area (Å²) in [7, 11) is 0. The summed E-state index contributed by atoms with van der Waals surface area (Å²) in [5.41, 5.74) is 4.38. The Morgan fingerprint density at radius 3 is 2.81 bits per heavy atom. The number of amides is 1. The molecule has 4 heteroatoms. The van der Waals surface area contributed by atoms with Crippen LogP contribution >= 0.6 is 0 Å². The summed E-state index contributed by atoms with van der Waals surface area (Å²) in [5, 5.41) is 0. The van der Waals surface area contributed by atoms with E-state index in [1.807, 2.05) is 23.1 Å². The minimum atomic E-state index is 0.146. The topological polar surface area (TPSA) is 38.1 Å². The van der Waals surface area contributed by atoms with Crippen molar-refractivity contribution in [3.8, 4) is 0 Å². The van der Waals surface area contributed by atoms with Crippen molar-refractivity contribution in [2.75, 3.05) is 11.4 Å². The highest BCUT2D eigenvalue weighted by molar-refractivity contribution is 5.96. The van der Waals surface area contributed by atoms with E-state index in [0.717, 1.165) is 36.4 Å². The number of rotatable bonds is 5. The molecule has 0 aliphatic carbocycles. The monoisotopic (exact) mass is 347 g/mol. The second-order valence-electron chi connectivity index (χ2n) is 7.21. The summed E-state index contributed by atoms with van der Waals surface area (Å²) in [6, 6.07) is 16.5. The molecule has 1 saturated heterocycles. The second kappa shape index (κ2) is 6.94. The Bertz CT molecular complexity index is 943. The minimum Gasteiger partial charge on any atom is -0.328 e. The van der Waals surface area contributed by atoms with Gasteiger partial charge in [-0.25, -0.2) is 4.98 Å². The fourth-order valence-electron chi connectivity index (χ4n) is 3.88. The van der Waals surface area contributed by atoms with E-state index in [0.29, 0.717) is 13.0 Å². The molecular formula is C22H25N3O. The number of unbranched alkanes of at least 4 members (excludes halogenated alkanes) is 1. The van der Waals surface area contributed by atoms with Gasteiger partial charge in [0.05, 0.1) is 11.0 Å². The third kappa shape index (κ3) is 3.00. The summed E-state index contributed by atoms with van der Waals surface area (Å²) in [5.74, 6) is 1.39. The highest BCUT2D eigenvalue weighted by atomic mass is 16.2. The zero-order valence-electron chi connectivity index (χ0n) is 15.5. The molecule has 0 radical (unpaired) electrons. The van der Waals surface area contributed by atoms with Crippen LogP contribution in [0.15, 0.2) is 48.5 Å². The summed E-state index contributed by atoms with van der Waals surface area (Å²) in [6.45, 7) is 5.93. The average molecular weight is 347 g/mol. The third-order valence-electron chi connectivity index (χ3n) is 5.22. The fraction of sp³-hybridized carbons (Fsp3) is 0.364. The number of hydrogen-bond acceptors (Lipinski definition) is 2. The number of aromatic nitrogens is 2. The lowest BCUT2D eigenvalue weighted by molar-refractivity contribution is -0.117. The van der Waals surface area contributed by atoms with Crippen LogP contribution < -0.4 is 4.90 Å². The van der Waals surface area contributed by atoms with Gasteiger partial charge in [-0.3, -0.25) is 4.79 Å². The summed E-state index contributed by atoms with van der Waals surface area (Å²) < 4.78 is 2.33. The zero-order valence-corrected chi connectivity index (χ0v) is 15.5. The SMILES string of the molecule is CCCCn1c([C@H]2CC(=O)N(c3cccc(C)c3)C2)nc2ccccc21. The van der Waals surface area contributed by atoms with Crippen LogP contribution in [0, 0.1) is 6.92 Å². The van der Waals surface area contributed by atoms with Crippen LogP contribution in [0.4, 0.5) is 5.69 Å². The van der Waals surface area contributed by atoms with E-state index in [2.05, 4.69) is 48.7 Å². The molecule has 1 aromatic heterocycles. The van der Waals surface area contributed by atoms with E-state index >= 15 is 0 Å². The third-order valence-corrected chi connectivity index (χ3v) is 5.22. The lowest BCUT2D eigenvalue weighted by Gasteiger charge is -2.18. The standard InChI is InChI=1S/C22H25N3O/c1-3-4-12-24-20-11-6-5-10-19(20)23-22(24)17-14-21(26)25(15-17)18-9-7-8-16(2)13-18/h5-11,13,17H,3-4,12,14-15H2,1-2H3/t17-/m0/s1. The van der Waals surface area contributed by atoms with Gasteiger partial charge < -0.3 is 9.47 Å². The minimum absolute atomic E-state index is 0.146. The van der Waals surface area contributed by atoms with Gasteiger partial charge in [0.15, 0.2) is 0 Å². The van der Waals surface area contributed by atoms with Gasteiger partial charge in [-0.05, 0) is 43.2 Å². The summed E-state index contributed by atoms with van der Waals surface area (Å²) in [4.78, 5) is 19.5. The van der Waals surface area contributed by atoms with Gasteiger partial charge in [0.1, 0.15) is 5.82 Å². The number of anilines is 1. The van der Waals surface area contributed by atoms with E-state index in [4.69, 9.17) is 4.98 Å². The second-order valence-corrected chi connectivity index (χ2v) is 7.21. The number of carbonyl (C=O) groups excluding carboxylic acids is 1. The van der Waals surface area contributed by atoms with E-state index < -0.39 is 0 Å². The van der Waals surface area contributed by atoms with E-state index in [1.165, 1.54) is 11.1 Å². The molecule has 26 heavy (non-hydrogen) atoms. The molecule has 0 spiro atoms. The molecule has 0 bridgehead atoms. The van der Waals surface area contributed by atoms with Gasteiger partial charge in [-0.1, -0.05) is 37.6 Å². The van der Waals surface area contributed by atoms with Gasteiger partial charge in [0.2, 0.25) is 5.91 Å². The van der Waals surface area contributed by atoms with Crippen LogP contribution in [0.3, 0.4) is 0 Å². The molecule has 1 fully saturated rings. The van der Waals surface area contributed by atoms with Crippen molar-refractivity contribution in [1.29, 1.82) is 0 Å². The Morgan fingerprint density at radius 2 is 2.00 bits per heavy atom. The number of carbonyl (C=O) groups is 1. The molecule has 1 amide bonds. The quantitative estimate of drug-likeness (QED) is 0.673. The first-order valence-electron chi connectivity index (χ1n) is 9.49. The van der Waals surface area contributed by atoms with E-state index in [9.17, 15) is 4.79 Å². The van der Waals surface area contributed by atoms with Crippen molar-refractivity contribution >= 4 is 22.6 Å². The summed E-state index contributed by atoms with van der Waals surface area (Å²) in [6.07, 6.45) is 2.80. The lowest BCUT2D eigenvalue weighted by atomic mass is 10.1. The smallest absolute Gasteiger partial charge is 0.227 e. The largest absolute Gasteiger partial charge is 0.328 e. The first kappa shape index (κ1) is 16.8. The maximum atomic E-state index is 12.7. The lowest BCUT2D eigenvalue weighted by Crippen LogP contribution is -2.24. The normalized spacial score (nSPS) is 17.4. The highest BCUT2D eigenvalue weighted by Crippen LogP contribution is 2.33. The van der Waals surface area contributed by atoms with Crippen molar-refractivity contribution in [2.45, 2.75) is 45.6 Å². The van der Waals surface area contributed by atoms with E-state index in [1.54, 1.807) is 0 Å². The zero-order chi connectivity index (χ0) is 18.1. The molecule has 2 aromatic carbocycles. The molecule has 0 N–H and O–H groups in total. The molecule has 1 atom stereocenters. The Morgan fingerprint density at radius 1 is 1.15 bits per heavy atom. The number of hydrogen-bond donors (Lipinski definition) is 0. The molecular weight excluding hydrogens is 322 g/mol. The molecule has 0 unspecified atom stereocenters. The van der Waals surface area contributed by atoms with Crippen molar-refractivity contribution in [3.05, 3.63) is 59.9 Å². The van der Waals surface area contributed by atoms with Crippen molar-refractivity contribution in [2.24, 2.45) is 0 Å². The Kier molecular flexibility index (Phi) is 4.49. The van der Waals surface area contributed by atoms with Crippen molar-refractivity contribution < 1.29 is 4.79 Å². The number of fused-ring (bicyclic) bond motifs is 1. The van der Waals surface area contributed by atoms with Gasteiger partial charge in [-0.2, -0.15) is 0 Å². The van der Waals surface area contributed by atoms with Crippen LogP contribution in [0.2, 0.25) is 0 Å². The number of benzene rings is 2. The van der Waals surface area contributed by atoms with Gasteiger partial charge in [0.25, 0.3) is 0 Å². The molecule has 4 rings (SSSR count). The Hall–Kier alpha value is -2.62. The molecule has 0 saturated carbocycles. The molecule has 134 valence electrons. The Labute approximate surface area is 154 Å². The van der Waals surface area contributed by atoms with Crippen LogP contribution in [-0.2, 0) is 11.3 Å². The van der Waals surface area contributed by atoms with Crippen LogP contribution in [0.25, 0.3) is 11.0 Å². The first-order valence-corrected chi connectivity index (χ1v) is 9.49. The first-order chi connectivity index (χ1) is 12.7. The van der Waals surface area contributed by atoms with Crippen molar-refractivity contribution in [1.82, 2.24) is 9.55 Å². The predicted octanol–water partition coefficient (Wildman–Crippen LogP) is 4.67. The average Bonchev–Trinajstić information content (AvgIpc) is 3.20. The molecule has 1 aliphatic rings. The van der Waals surface area contributed by atoms with Crippen LogP contribution in [-0.4, -0.2) is 22.0 Å².